The quantitative estimate of drug-likeness (QED) is 0.0142. The maximum atomic E-state index is 15.3. The molecule has 48 heteroatoms. The number of aromatic nitrogens is 1. The molecule has 2 aromatic carbocycles. The van der Waals surface area contributed by atoms with Crippen LogP contribution < -0.4 is 114 Å². The van der Waals surface area contributed by atoms with Gasteiger partial charge in [-0.25, -0.2) is 4.79 Å². The number of aliphatic carboxylic acids is 3. The first-order valence-corrected chi connectivity index (χ1v) is 44.7. The molecule has 0 radical (unpaired) electrons. The number of carbonyl (C=O) groups is 20. The summed E-state index contributed by atoms with van der Waals surface area (Å²) in [6, 6.07) is -12.0. The Hall–Kier alpha value is -13.5. The van der Waals surface area contributed by atoms with Crippen LogP contribution in [0.25, 0.3) is 10.9 Å². The third-order valence-electron chi connectivity index (χ3n) is 22.2. The molecule has 0 unspecified atom stereocenters. The molecule has 17 amide bonds. The Morgan fingerprint density at radius 2 is 0.756 bits per heavy atom. The average Bonchev–Trinajstić information content (AvgIpc) is 1.74. The number of rotatable bonds is 62. The first kappa shape index (κ1) is 116. The molecule has 3 rings (SSSR count). The Morgan fingerprint density at radius 3 is 1.21 bits per heavy atom. The van der Waals surface area contributed by atoms with Crippen LogP contribution in [0, 0.1) is 29.1 Å². The van der Waals surface area contributed by atoms with E-state index in [9.17, 15) is 107 Å². The summed E-state index contributed by atoms with van der Waals surface area (Å²) in [5.74, 6) is -26.7. The number of aliphatic hydroxyl groups excluding tert-OH is 2. The van der Waals surface area contributed by atoms with Crippen molar-refractivity contribution in [2.75, 3.05) is 13.1 Å². The fourth-order valence-corrected chi connectivity index (χ4v) is 13.8. The number of para-hydroxylation sites is 1. The molecule has 0 aliphatic carbocycles. The van der Waals surface area contributed by atoms with Crippen LogP contribution in [0.4, 0.5) is 0 Å². The Kier molecular flexibility index (Phi) is 49.5. The van der Waals surface area contributed by atoms with Crippen molar-refractivity contribution in [1.29, 1.82) is 5.41 Å². The van der Waals surface area contributed by atoms with E-state index in [0.29, 0.717) is 22.0 Å². The van der Waals surface area contributed by atoms with Crippen LogP contribution in [0.1, 0.15) is 184 Å². The van der Waals surface area contributed by atoms with E-state index < -0.39 is 289 Å². The first-order valence-electron chi connectivity index (χ1n) is 44.7. The smallest absolute Gasteiger partial charge is 0.326 e. The van der Waals surface area contributed by atoms with E-state index in [1.807, 2.05) is 5.32 Å². The van der Waals surface area contributed by atoms with Gasteiger partial charge >= 0.3 is 17.9 Å². The van der Waals surface area contributed by atoms with Crippen LogP contribution in [0.5, 0.6) is 0 Å². The maximum Gasteiger partial charge on any atom is 0.326 e. The normalized spacial score (nSPS) is 15.9. The number of guanidine groups is 1. The van der Waals surface area contributed by atoms with Gasteiger partial charge in [-0.2, -0.15) is 0 Å². The fourth-order valence-electron chi connectivity index (χ4n) is 13.8. The van der Waals surface area contributed by atoms with Crippen LogP contribution in [0.15, 0.2) is 60.8 Å². The molecule has 0 aliphatic rings. The predicted octanol–water partition coefficient (Wildman–Crippen LogP) is -5.89. The predicted molar refractivity (Wildman–Crippen MR) is 488 cm³/mol. The lowest BCUT2D eigenvalue weighted by Gasteiger charge is -2.31. The number of hydrogen-bond acceptors (Lipinski definition) is 25. The van der Waals surface area contributed by atoms with Crippen molar-refractivity contribution in [3.8, 4) is 0 Å². The van der Waals surface area contributed by atoms with E-state index >= 15 is 14.4 Å². The number of carbonyl (C=O) groups excluding carboxylic acids is 17. The molecule has 48 nitrogen and oxygen atoms in total. The van der Waals surface area contributed by atoms with Gasteiger partial charge in [-0.1, -0.05) is 123 Å². The summed E-state index contributed by atoms with van der Waals surface area (Å²) in [4.78, 5) is 279. The van der Waals surface area contributed by atoms with Crippen LogP contribution in [-0.2, 0) is 109 Å². The van der Waals surface area contributed by atoms with Crippen LogP contribution in [0.2, 0.25) is 0 Å². The summed E-state index contributed by atoms with van der Waals surface area (Å²) in [5, 5.41) is 98.0. The van der Waals surface area contributed by atoms with Gasteiger partial charge in [-0.05, 0) is 120 Å². The van der Waals surface area contributed by atoms with Crippen molar-refractivity contribution in [1.82, 2.24) is 90.1 Å². The van der Waals surface area contributed by atoms with Gasteiger partial charge in [0.2, 0.25) is 100 Å². The third-order valence-corrected chi connectivity index (χ3v) is 22.2. The van der Waals surface area contributed by atoms with Crippen molar-refractivity contribution in [3.63, 3.8) is 0 Å². The number of carboxylic acids is 3. The number of amides is 17. The lowest BCUT2D eigenvalue weighted by Crippen LogP contribution is -2.63. The molecule has 0 fully saturated rings. The van der Waals surface area contributed by atoms with Gasteiger partial charge in [0.15, 0.2) is 5.96 Å². The Balaban J connectivity index is 2.07. The summed E-state index contributed by atoms with van der Waals surface area (Å²) in [6.45, 7) is 17.8. The summed E-state index contributed by atoms with van der Waals surface area (Å²) < 4.78 is 0. The number of carboxylic acid groups (broad SMARTS) is 3. The van der Waals surface area contributed by atoms with Crippen LogP contribution >= 0.6 is 0 Å². The van der Waals surface area contributed by atoms with Crippen molar-refractivity contribution < 1.29 is 121 Å². The minimum atomic E-state index is -1.99. The molecule has 1 heterocycles. The molecule has 0 spiro atoms. The van der Waals surface area contributed by atoms with Gasteiger partial charge in [-0.3, -0.25) is 96.5 Å². The second-order valence-corrected chi connectivity index (χ2v) is 34.0. The van der Waals surface area contributed by atoms with Crippen molar-refractivity contribution in [2.45, 2.75) is 295 Å². The van der Waals surface area contributed by atoms with Gasteiger partial charge in [0, 0.05) is 42.9 Å². The standard InChI is InChI=1S/C87H137N23O25/c1-13-42(6)66(81(129)99-55(30-31-62(90)113)75(123)109-69(47(11)111)84(132)98-53(28-21-22-32-88)74(122)106-68(44(8)15-3)83(131)110-70(48(12)112)85(133)105-61(86(134)135)39-65(117)118)107-79(127)56(34-41(4)5)100-76(124)58(36-50-40-95-52-27-20-19-26-51(50)52)102-77(125)59(37-63(91)114)104-82(130)67(43(7)14-2)108-80(128)57(35-49-24-17-16-18-25-49)101-78(126)60(38-64(115)116)103-73(121)54(29-23-33-94-87(92)93)97-72(120)46(10)96-71(119)45(9)89/h16-20,24-27,40-48,53-61,66-70,95,111-112H,13-15,21-23,28-39,88-89H2,1-12H3,(H2,90,113)(H2,91,114)(H,96,119)(H,97,120)(H,98,132)(H,99,129)(H,100,124)(H,101,126)(H,102,125)(H,103,121)(H,104,130)(H,105,133)(H,106,122)(H,107,127)(H,108,128)(H,109,123)(H,110,131)(H,115,116)(H,117,118)(H,134,135)(H4,92,93,94)/t42-,43-,44-,45-,46-,47+,48+,53-,54-,55-,56-,57-,58-,59-,60-,61-,66-,67-,68-,69-,70-/m0/s1. The molecule has 0 saturated carbocycles. The minimum Gasteiger partial charge on any atom is -0.481 e. The summed E-state index contributed by atoms with van der Waals surface area (Å²) in [6.07, 6.45) is -6.59. The number of fused-ring (bicyclic) bond motifs is 1. The molecule has 750 valence electrons. The second kappa shape index (κ2) is 57.8. The highest BCUT2D eigenvalue weighted by atomic mass is 16.4. The lowest BCUT2D eigenvalue weighted by atomic mass is 9.95. The molecule has 21 atom stereocenters. The molecular weight excluding hydrogens is 1770 g/mol. The largest absolute Gasteiger partial charge is 0.481 e. The maximum absolute atomic E-state index is 15.3. The number of nitrogens with one attached hydrogen (secondary N) is 18. The van der Waals surface area contributed by atoms with Gasteiger partial charge < -0.3 is 144 Å². The number of H-pyrrole nitrogens is 1. The van der Waals surface area contributed by atoms with Gasteiger partial charge in [0.05, 0.1) is 37.5 Å². The van der Waals surface area contributed by atoms with Crippen molar-refractivity contribution >= 4 is 135 Å². The number of aliphatic hydroxyl groups is 2. The highest BCUT2D eigenvalue weighted by Gasteiger charge is 2.42. The SMILES string of the molecule is CC[C@H](C)[C@H](NC(=O)[C@H](Cc1ccccc1)NC(=O)[C@H](CC(=O)O)NC(=O)[C@H](CCCNC(=N)N)NC(=O)[C@H](C)NC(=O)[C@H](C)N)C(=O)N[C@@H](CC(N)=O)C(=O)N[C@@H](Cc1c[nH]c2ccccc12)C(=O)N[C@@H](CC(C)C)C(=O)N[C@H](C(=O)N[C@@H](CCC(N)=O)C(=O)N[C@H](C(=O)N[C@@H](CCCCN)C(=O)N[C@H](C(=O)N[C@H](C(=O)N[C@@H](CC(=O)O)C(=O)O)[C@@H](C)O)[C@@H](C)CC)[C@@H](C)O)[C@@H](C)CC. The van der Waals surface area contributed by atoms with Crippen LogP contribution in [0.3, 0.4) is 0 Å². The minimum absolute atomic E-state index is 0.00923. The molecule has 135 heavy (non-hydrogen) atoms. The Labute approximate surface area is 780 Å². The van der Waals surface area contributed by atoms with Gasteiger partial charge in [0.25, 0.3) is 0 Å². The first-order chi connectivity index (χ1) is 63.4. The zero-order valence-electron chi connectivity index (χ0n) is 78.0. The Morgan fingerprint density at radius 1 is 0.385 bits per heavy atom. The molecule has 0 saturated heterocycles. The molecule has 33 N–H and O–H groups in total. The molecule has 3 aromatic rings. The second-order valence-electron chi connectivity index (χ2n) is 34.0. The van der Waals surface area contributed by atoms with E-state index in [1.54, 1.807) is 96.1 Å². The number of nitrogens with two attached hydrogens (primary N) is 5. The van der Waals surface area contributed by atoms with Gasteiger partial charge in [-0.15, -0.1) is 0 Å². The van der Waals surface area contributed by atoms with Crippen molar-refractivity contribution in [2.24, 2.45) is 52.3 Å². The molecule has 0 bridgehead atoms. The number of aromatic amines is 1. The fraction of sp³-hybridized carbons (Fsp3) is 0.598. The highest BCUT2D eigenvalue weighted by molar-refractivity contribution is 6.03. The van der Waals surface area contributed by atoms with E-state index in [0.717, 1.165) is 13.8 Å². The Bertz CT molecular complexity index is 4590. The number of hydrogen-bond donors (Lipinski definition) is 28. The zero-order valence-corrected chi connectivity index (χ0v) is 78.0. The average molecular weight is 1910 g/mol. The van der Waals surface area contributed by atoms with E-state index in [2.05, 4.69) is 84.7 Å². The number of unbranched alkanes of at least 4 members (excludes halogenated alkanes) is 1. The van der Waals surface area contributed by atoms with E-state index in [4.69, 9.17) is 34.1 Å². The third kappa shape index (κ3) is 40.1. The van der Waals surface area contributed by atoms with Crippen molar-refractivity contribution in [3.05, 3.63) is 71.9 Å². The lowest BCUT2D eigenvalue weighted by molar-refractivity contribution is -0.148. The number of primary amides is 2. The highest BCUT2D eigenvalue weighted by Crippen LogP contribution is 2.22. The topological polar surface area (TPSA) is 805 Å². The van der Waals surface area contributed by atoms with Crippen LogP contribution in [-0.4, -0.2) is 277 Å². The monoisotopic (exact) mass is 1900 g/mol. The molecule has 0 aliphatic heterocycles. The number of benzene rings is 2. The van der Waals surface area contributed by atoms with E-state index in [1.165, 1.54) is 33.9 Å². The van der Waals surface area contributed by atoms with Gasteiger partial charge in [0.1, 0.15) is 90.6 Å². The molecule has 1 aromatic heterocycles. The zero-order chi connectivity index (χ0) is 102. The summed E-state index contributed by atoms with van der Waals surface area (Å²) >= 11 is 0. The molecular formula is C87H137N23O25. The van der Waals surface area contributed by atoms with E-state index in [-0.39, 0.29) is 83.7 Å². The summed E-state index contributed by atoms with van der Waals surface area (Å²) in [7, 11) is 0. The summed E-state index contributed by atoms with van der Waals surface area (Å²) in [5.41, 5.74) is 29.6.